The van der Waals surface area contributed by atoms with Gasteiger partial charge in [0.2, 0.25) is 0 Å². The molecule has 19 heavy (non-hydrogen) atoms. The summed E-state index contributed by atoms with van der Waals surface area (Å²) in [5, 5.41) is 12.3. The third kappa shape index (κ3) is 3.47. The molecule has 2 fully saturated rings. The second-order valence-electron chi connectivity index (χ2n) is 6.44. The van der Waals surface area contributed by atoms with Crippen LogP contribution in [0.2, 0.25) is 0 Å². The predicted molar refractivity (Wildman–Crippen MR) is 77.9 cm³/mol. The number of fused-ring (bicyclic) bond motifs is 2. The van der Waals surface area contributed by atoms with E-state index in [-0.39, 0.29) is 5.54 Å². The highest BCUT2D eigenvalue weighted by Crippen LogP contribution is 2.28. The van der Waals surface area contributed by atoms with Gasteiger partial charge in [-0.1, -0.05) is 0 Å². The minimum absolute atomic E-state index is 0.359. The lowest BCUT2D eigenvalue weighted by atomic mass is 9.97. The molecule has 4 heteroatoms. The van der Waals surface area contributed by atoms with E-state index in [0.717, 1.165) is 31.5 Å². The van der Waals surface area contributed by atoms with Crippen LogP contribution in [0.3, 0.4) is 0 Å². The van der Waals surface area contributed by atoms with E-state index in [4.69, 9.17) is 5.26 Å². The zero-order valence-corrected chi connectivity index (χ0v) is 12.7. The molecule has 2 aliphatic heterocycles. The van der Waals surface area contributed by atoms with Crippen LogP contribution in [0.25, 0.3) is 0 Å². The molecule has 4 nitrogen and oxygen atoms in total. The molecule has 1 N–H and O–H groups in total. The lowest BCUT2D eigenvalue weighted by Gasteiger charge is -2.27. The van der Waals surface area contributed by atoms with Gasteiger partial charge in [-0.2, -0.15) is 5.26 Å². The van der Waals surface area contributed by atoms with E-state index in [2.05, 4.69) is 28.2 Å². The van der Waals surface area contributed by atoms with Crippen LogP contribution < -0.4 is 5.32 Å². The third-order valence-corrected chi connectivity index (χ3v) is 5.18. The average molecular weight is 264 g/mol. The number of likely N-dealkylation sites (N-methyl/N-ethyl adjacent to an activating group) is 1. The molecule has 2 bridgehead atoms. The minimum Gasteiger partial charge on any atom is -0.303 e. The van der Waals surface area contributed by atoms with Crippen molar-refractivity contribution in [1.29, 1.82) is 5.26 Å². The topological polar surface area (TPSA) is 42.3 Å². The molecule has 0 amide bonds. The van der Waals surface area contributed by atoms with Gasteiger partial charge >= 0.3 is 0 Å². The van der Waals surface area contributed by atoms with Crippen LogP contribution in [0, 0.1) is 11.3 Å². The van der Waals surface area contributed by atoms with Crippen LogP contribution in [0.15, 0.2) is 0 Å². The van der Waals surface area contributed by atoms with E-state index < -0.39 is 0 Å². The standard InChI is InChI=1S/C15H28N4/c1-15(12-16,17-2)8-4-9-19-10-7-13-5-6-14(11-19)18(13)3/h13-14,17H,4-11H2,1-3H3. The van der Waals surface area contributed by atoms with Crippen LogP contribution in [0.4, 0.5) is 0 Å². The number of nitrogens with one attached hydrogen (secondary N) is 1. The summed E-state index contributed by atoms with van der Waals surface area (Å²) in [6.07, 6.45) is 6.10. The summed E-state index contributed by atoms with van der Waals surface area (Å²) < 4.78 is 0. The summed E-state index contributed by atoms with van der Waals surface area (Å²) in [6, 6.07) is 3.95. The van der Waals surface area contributed by atoms with E-state index in [9.17, 15) is 0 Å². The SMILES string of the molecule is CNC(C)(C#N)CCCN1CCC2CCC(C1)N2C. The van der Waals surface area contributed by atoms with E-state index in [0.29, 0.717) is 0 Å². The molecule has 0 aliphatic carbocycles. The lowest BCUT2D eigenvalue weighted by Crippen LogP contribution is -2.40. The van der Waals surface area contributed by atoms with Crippen LogP contribution >= 0.6 is 0 Å². The number of hydrogen-bond donors (Lipinski definition) is 1. The molecular weight excluding hydrogens is 236 g/mol. The highest BCUT2D eigenvalue weighted by molar-refractivity contribution is 5.02. The monoisotopic (exact) mass is 264 g/mol. The maximum atomic E-state index is 9.16. The summed E-state index contributed by atoms with van der Waals surface area (Å²) in [7, 11) is 4.17. The zero-order valence-electron chi connectivity index (χ0n) is 12.7. The number of nitriles is 1. The molecule has 0 saturated carbocycles. The smallest absolute Gasteiger partial charge is 0.103 e. The predicted octanol–water partition coefficient (Wildman–Crippen LogP) is 1.44. The Labute approximate surface area is 117 Å². The second kappa shape index (κ2) is 6.21. The van der Waals surface area contributed by atoms with Crippen molar-refractivity contribution in [3.05, 3.63) is 0 Å². The van der Waals surface area contributed by atoms with Gasteiger partial charge in [-0.3, -0.25) is 4.90 Å². The summed E-state index contributed by atoms with van der Waals surface area (Å²) in [5.41, 5.74) is -0.359. The van der Waals surface area contributed by atoms with Gasteiger partial charge < -0.3 is 10.2 Å². The Kier molecular flexibility index (Phi) is 4.83. The van der Waals surface area contributed by atoms with Gasteiger partial charge in [0, 0.05) is 18.6 Å². The van der Waals surface area contributed by atoms with Crippen molar-refractivity contribution in [2.45, 2.75) is 56.7 Å². The zero-order chi connectivity index (χ0) is 13.9. The quantitative estimate of drug-likeness (QED) is 0.816. The van der Waals surface area contributed by atoms with Gasteiger partial charge in [0.1, 0.15) is 5.54 Å². The fourth-order valence-electron chi connectivity index (χ4n) is 3.48. The Bertz CT molecular complexity index is 338. The average Bonchev–Trinajstić information content (AvgIpc) is 2.66. The Hall–Kier alpha value is -0.630. The number of nitrogens with zero attached hydrogens (tertiary/aromatic N) is 3. The highest BCUT2D eigenvalue weighted by atomic mass is 15.3. The van der Waals surface area contributed by atoms with Crippen LogP contribution in [-0.2, 0) is 0 Å². The van der Waals surface area contributed by atoms with Gasteiger partial charge in [0.05, 0.1) is 6.07 Å². The van der Waals surface area contributed by atoms with Crippen molar-refractivity contribution in [3.8, 4) is 6.07 Å². The van der Waals surface area contributed by atoms with Gasteiger partial charge in [0.15, 0.2) is 0 Å². The largest absolute Gasteiger partial charge is 0.303 e. The molecular formula is C15H28N4. The second-order valence-corrected chi connectivity index (χ2v) is 6.44. The van der Waals surface area contributed by atoms with Crippen molar-refractivity contribution < 1.29 is 0 Å². The van der Waals surface area contributed by atoms with Crippen molar-refractivity contribution >= 4 is 0 Å². The van der Waals surface area contributed by atoms with E-state index >= 15 is 0 Å². The fraction of sp³-hybridized carbons (Fsp3) is 0.933. The molecule has 108 valence electrons. The molecule has 3 unspecified atom stereocenters. The number of hydrogen-bond acceptors (Lipinski definition) is 4. The first-order valence-corrected chi connectivity index (χ1v) is 7.62. The van der Waals surface area contributed by atoms with Gasteiger partial charge in [-0.05, 0) is 66.2 Å². The number of likely N-dealkylation sites (tertiary alicyclic amines) is 1. The van der Waals surface area contributed by atoms with Crippen LogP contribution in [0.1, 0.15) is 39.0 Å². The van der Waals surface area contributed by atoms with Crippen molar-refractivity contribution in [2.75, 3.05) is 33.7 Å². The Morgan fingerprint density at radius 1 is 1.32 bits per heavy atom. The van der Waals surface area contributed by atoms with E-state index in [1.807, 2.05) is 14.0 Å². The van der Waals surface area contributed by atoms with Crippen molar-refractivity contribution in [2.24, 2.45) is 0 Å². The van der Waals surface area contributed by atoms with Gasteiger partial charge in [-0.25, -0.2) is 0 Å². The molecule has 0 aromatic heterocycles. The summed E-state index contributed by atoms with van der Waals surface area (Å²) in [4.78, 5) is 5.20. The Morgan fingerprint density at radius 2 is 2.05 bits per heavy atom. The molecule has 2 rings (SSSR count). The maximum absolute atomic E-state index is 9.16. The van der Waals surface area contributed by atoms with Crippen molar-refractivity contribution in [1.82, 2.24) is 15.1 Å². The molecule has 2 aliphatic rings. The molecule has 2 heterocycles. The minimum atomic E-state index is -0.359. The van der Waals surface area contributed by atoms with Crippen molar-refractivity contribution in [3.63, 3.8) is 0 Å². The third-order valence-electron chi connectivity index (χ3n) is 5.18. The molecule has 0 radical (unpaired) electrons. The molecule has 0 spiro atoms. The molecule has 0 aromatic carbocycles. The normalized spacial score (nSPS) is 31.7. The van der Waals surface area contributed by atoms with Crippen LogP contribution in [0.5, 0.6) is 0 Å². The first-order chi connectivity index (χ1) is 9.08. The summed E-state index contributed by atoms with van der Waals surface area (Å²) in [5.74, 6) is 0. The maximum Gasteiger partial charge on any atom is 0.103 e. The first-order valence-electron chi connectivity index (χ1n) is 7.62. The summed E-state index contributed by atoms with van der Waals surface area (Å²) in [6.45, 7) is 5.57. The van der Waals surface area contributed by atoms with Gasteiger partial charge in [-0.15, -0.1) is 0 Å². The fourth-order valence-corrected chi connectivity index (χ4v) is 3.48. The summed E-state index contributed by atoms with van der Waals surface area (Å²) >= 11 is 0. The molecule has 0 aromatic rings. The van der Waals surface area contributed by atoms with Gasteiger partial charge in [0.25, 0.3) is 0 Å². The molecule has 2 saturated heterocycles. The van der Waals surface area contributed by atoms with E-state index in [1.54, 1.807) is 0 Å². The highest BCUT2D eigenvalue weighted by Gasteiger charge is 2.34. The molecule has 3 atom stereocenters. The lowest BCUT2D eigenvalue weighted by molar-refractivity contribution is 0.214. The Balaban J connectivity index is 1.77. The Morgan fingerprint density at radius 3 is 2.74 bits per heavy atom. The van der Waals surface area contributed by atoms with E-state index in [1.165, 1.54) is 32.4 Å². The first kappa shape index (κ1) is 14.8. The van der Waals surface area contributed by atoms with Crippen LogP contribution in [-0.4, -0.2) is 61.2 Å². The number of rotatable bonds is 5.